The molecular formula is C30H23N3O4S2. The molecule has 5 aromatic rings. The highest BCUT2D eigenvalue weighted by molar-refractivity contribution is 7.92. The molecule has 9 heteroatoms. The first-order chi connectivity index (χ1) is 19.0. The van der Waals surface area contributed by atoms with E-state index in [0.29, 0.717) is 35.1 Å². The van der Waals surface area contributed by atoms with E-state index >= 15 is 0 Å². The summed E-state index contributed by atoms with van der Waals surface area (Å²) in [6.45, 7) is 0.402. The Morgan fingerprint density at radius 3 is 2.31 bits per heavy atom. The summed E-state index contributed by atoms with van der Waals surface area (Å²) in [5.74, 6) is 1.11. The first-order valence-electron chi connectivity index (χ1n) is 12.3. The molecule has 0 saturated heterocycles. The number of carbonyl (C=O) groups is 1. The molecule has 6 rings (SSSR count). The molecule has 1 aliphatic rings. The number of carbonyl (C=O) groups excluding carboxylic acids is 1. The highest BCUT2D eigenvalue weighted by Gasteiger charge is 2.30. The first-order valence-corrected chi connectivity index (χ1v) is 14.6. The molecule has 194 valence electrons. The molecule has 0 atom stereocenters. The molecule has 1 N–H and O–H groups in total. The minimum Gasteiger partial charge on any atom is -0.457 e. The topological polar surface area (TPSA) is 88.6 Å². The molecule has 0 spiro atoms. The van der Waals surface area contributed by atoms with E-state index in [-0.39, 0.29) is 10.8 Å². The van der Waals surface area contributed by atoms with Crippen molar-refractivity contribution in [1.82, 2.24) is 4.98 Å². The van der Waals surface area contributed by atoms with E-state index in [9.17, 15) is 13.2 Å². The molecule has 0 saturated carbocycles. The summed E-state index contributed by atoms with van der Waals surface area (Å²) in [6, 6.07) is 30.6. The van der Waals surface area contributed by atoms with Crippen molar-refractivity contribution in [1.29, 1.82) is 0 Å². The van der Waals surface area contributed by atoms with Crippen LogP contribution in [-0.4, -0.2) is 25.9 Å². The largest absolute Gasteiger partial charge is 0.457 e. The van der Waals surface area contributed by atoms with Gasteiger partial charge in [-0.15, -0.1) is 11.3 Å². The van der Waals surface area contributed by atoms with Gasteiger partial charge >= 0.3 is 0 Å². The fourth-order valence-electron chi connectivity index (χ4n) is 4.41. The summed E-state index contributed by atoms with van der Waals surface area (Å²) in [5.41, 5.74) is 3.68. The molecule has 0 fully saturated rings. The zero-order chi connectivity index (χ0) is 26.8. The Morgan fingerprint density at radius 1 is 0.846 bits per heavy atom. The summed E-state index contributed by atoms with van der Waals surface area (Å²) in [5, 5.41) is 5.12. The Balaban J connectivity index is 1.11. The summed E-state index contributed by atoms with van der Waals surface area (Å²) >= 11 is 1.32. The lowest BCUT2D eigenvalue weighted by Crippen LogP contribution is -2.29. The van der Waals surface area contributed by atoms with Crippen LogP contribution in [0.15, 0.2) is 113 Å². The van der Waals surface area contributed by atoms with Crippen LogP contribution in [0, 0.1) is 0 Å². The molecule has 4 aromatic carbocycles. The number of rotatable bonds is 7. The maximum Gasteiger partial charge on any atom is 0.264 e. The Labute approximate surface area is 230 Å². The maximum absolute atomic E-state index is 13.2. The minimum absolute atomic E-state index is 0.145. The molecule has 7 nitrogen and oxygen atoms in total. The van der Waals surface area contributed by atoms with Crippen molar-refractivity contribution < 1.29 is 17.9 Å². The fraction of sp³-hybridized carbons (Fsp3) is 0.0667. The van der Waals surface area contributed by atoms with Crippen LogP contribution in [0.3, 0.4) is 0 Å². The highest BCUT2D eigenvalue weighted by atomic mass is 32.2. The predicted octanol–water partition coefficient (Wildman–Crippen LogP) is 6.61. The number of nitrogens with zero attached hydrogens (tertiary/aromatic N) is 2. The lowest BCUT2D eigenvalue weighted by atomic mass is 10.2. The molecule has 39 heavy (non-hydrogen) atoms. The van der Waals surface area contributed by atoms with E-state index in [0.717, 1.165) is 22.6 Å². The zero-order valence-electron chi connectivity index (χ0n) is 20.7. The number of thiazole rings is 1. The van der Waals surface area contributed by atoms with Gasteiger partial charge in [0.2, 0.25) is 0 Å². The SMILES string of the molecule is O=C(Nc1nc(-c2ccc(Oc3ccccc3)cc2)cs1)c1ccc(S(=O)(=O)N2CCc3ccccc32)cc1. The average Bonchev–Trinajstić information content (AvgIpc) is 3.62. The standard InChI is InChI=1S/C30H23N3O4S2/c34-29(23-12-16-26(17-13-23)39(35,36)33-19-18-22-6-4-5-9-28(22)33)32-30-31-27(20-38-30)21-10-14-25(15-11-21)37-24-7-2-1-3-8-24/h1-17,20H,18-19H2,(H,31,32,34). The van der Waals surface area contributed by atoms with Gasteiger partial charge in [-0.3, -0.25) is 14.4 Å². The van der Waals surface area contributed by atoms with Gasteiger partial charge in [0.05, 0.1) is 16.3 Å². The van der Waals surface area contributed by atoms with Crippen molar-refractivity contribution in [3.63, 3.8) is 0 Å². The van der Waals surface area contributed by atoms with E-state index < -0.39 is 10.0 Å². The number of nitrogens with one attached hydrogen (secondary N) is 1. The Kier molecular flexibility index (Phi) is 6.60. The number of sulfonamides is 1. The van der Waals surface area contributed by atoms with Gasteiger partial charge in [-0.1, -0.05) is 36.4 Å². The first kappa shape index (κ1) is 24.8. The molecule has 0 radical (unpaired) electrons. The second-order valence-electron chi connectivity index (χ2n) is 8.91. The van der Waals surface area contributed by atoms with E-state index in [1.54, 1.807) is 0 Å². The van der Waals surface area contributed by atoms with Gasteiger partial charge in [-0.25, -0.2) is 13.4 Å². The van der Waals surface area contributed by atoms with Gasteiger partial charge in [-0.2, -0.15) is 0 Å². The Morgan fingerprint density at radius 2 is 1.54 bits per heavy atom. The van der Waals surface area contributed by atoms with Crippen LogP contribution >= 0.6 is 11.3 Å². The molecule has 2 heterocycles. The van der Waals surface area contributed by atoms with Crippen LogP contribution in [0.25, 0.3) is 11.3 Å². The molecule has 1 aromatic heterocycles. The van der Waals surface area contributed by atoms with E-state index in [2.05, 4.69) is 10.3 Å². The van der Waals surface area contributed by atoms with Gasteiger partial charge in [0.15, 0.2) is 5.13 Å². The summed E-state index contributed by atoms with van der Waals surface area (Å²) < 4.78 is 33.7. The number of hydrogen-bond acceptors (Lipinski definition) is 6. The van der Waals surface area contributed by atoms with E-state index in [1.807, 2.05) is 84.2 Å². The molecule has 0 aliphatic carbocycles. The third-order valence-corrected chi connectivity index (χ3v) is 8.99. The third-order valence-electron chi connectivity index (χ3n) is 6.40. The number of hydrogen-bond donors (Lipinski definition) is 1. The van der Waals surface area contributed by atoms with E-state index in [1.165, 1.54) is 39.9 Å². The molecule has 0 bridgehead atoms. The van der Waals surface area contributed by atoms with Crippen LogP contribution in [-0.2, 0) is 16.4 Å². The van der Waals surface area contributed by atoms with Gasteiger partial charge in [0, 0.05) is 23.1 Å². The van der Waals surface area contributed by atoms with Crippen LogP contribution < -0.4 is 14.4 Å². The normalized spacial score (nSPS) is 12.7. The smallest absolute Gasteiger partial charge is 0.264 e. The van der Waals surface area contributed by atoms with Crippen LogP contribution in [0.2, 0.25) is 0 Å². The quantitative estimate of drug-likeness (QED) is 0.245. The number of amides is 1. The van der Waals surface area contributed by atoms with Gasteiger partial charge < -0.3 is 4.74 Å². The van der Waals surface area contributed by atoms with Crippen molar-refractivity contribution in [3.05, 3.63) is 120 Å². The Bertz CT molecular complexity index is 1730. The Hall–Kier alpha value is -4.47. The number of ether oxygens (including phenoxy) is 1. The predicted molar refractivity (Wildman–Crippen MR) is 153 cm³/mol. The van der Waals surface area contributed by atoms with Crippen molar-refractivity contribution in [3.8, 4) is 22.8 Å². The number of fused-ring (bicyclic) bond motifs is 1. The van der Waals surface area contributed by atoms with Gasteiger partial charge in [-0.05, 0) is 78.7 Å². The van der Waals surface area contributed by atoms with Crippen molar-refractivity contribution >= 4 is 38.1 Å². The highest BCUT2D eigenvalue weighted by Crippen LogP contribution is 2.33. The van der Waals surface area contributed by atoms with Crippen LogP contribution in [0.5, 0.6) is 11.5 Å². The van der Waals surface area contributed by atoms with Crippen molar-refractivity contribution in [2.45, 2.75) is 11.3 Å². The summed E-state index contributed by atoms with van der Waals surface area (Å²) in [6.07, 6.45) is 0.678. The average molecular weight is 554 g/mol. The summed E-state index contributed by atoms with van der Waals surface area (Å²) in [7, 11) is -3.72. The summed E-state index contributed by atoms with van der Waals surface area (Å²) in [4.78, 5) is 17.5. The molecule has 1 aliphatic heterocycles. The number of aromatic nitrogens is 1. The molecule has 1 amide bonds. The van der Waals surface area contributed by atoms with Crippen molar-refractivity contribution in [2.75, 3.05) is 16.2 Å². The second kappa shape index (κ2) is 10.4. The molecular weight excluding hydrogens is 530 g/mol. The van der Waals surface area contributed by atoms with Crippen LogP contribution in [0.1, 0.15) is 15.9 Å². The lowest BCUT2D eigenvalue weighted by Gasteiger charge is -2.19. The number of benzene rings is 4. The molecule has 0 unspecified atom stereocenters. The van der Waals surface area contributed by atoms with Crippen LogP contribution in [0.4, 0.5) is 10.8 Å². The third kappa shape index (κ3) is 5.14. The monoisotopic (exact) mass is 553 g/mol. The van der Waals surface area contributed by atoms with Gasteiger partial charge in [0.1, 0.15) is 11.5 Å². The second-order valence-corrected chi connectivity index (χ2v) is 11.6. The van der Waals surface area contributed by atoms with Crippen molar-refractivity contribution in [2.24, 2.45) is 0 Å². The lowest BCUT2D eigenvalue weighted by molar-refractivity contribution is 0.102. The minimum atomic E-state index is -3.72. The zero-order valence-corrected chi connectivity index (χ0v) is 22.3. The maximum atomic E-state index is 13.2. The van der Waals surface area contributed by atoms with E-state index in [4.69, 9.17) is 4.74 Å². The number of anilines is 2. The fourth-order valence-corrected chi connectivity index (χ4v) is 6.63. The van der Waals surface area contributed by atoms with Gasteiger partial charge in [0.25, 0.3) is 15.9 Å². The number of para-hydroxylation sites is 2.